The molecule has 0 bridgehead atoms. The zero-order chi connectivity index (χ0) is 20.4. The largest absolute Gasteiger partial charge is 0.478 e. The molecule has 1 N–H and O–H groups in total. The molecule has 0 saturated carbocycles. The van der Waals surface area contributed by atoms with Gasteiger partial charge in [0.25, 0.3) is 5.56 Å². The van der Waals surface area contributed by atoms with Gasteiger partial charge in [-0.25, -0.2) is 13.6 Å². The molecule has 3 aromatic rings. The fourth-order valence-electron chi connectivity index (χ4n) is 2.55. The Morgan fingerprint density at radius 2 is 1.96 bits per heavy atom. The minimum atomic E-state index is -1.15. The highest BCUT2D eigenvalue weighted by Gasteiger charge is 2.14. The van der Waals surface area contributed by atoms with E-state index in [0.717, 1.165) is 18.2 Å². The van der Waals surface area contributed by atoms with Crippen molar-refractivity contribution in [3.8, 4) is 11.6 Å². The molecule has 1 aromatic heterocycles. The number of carboxylic acid groups (broad SMARTS) is 1. The molecule has 3 rings (SSSR count). The lowest BCUT2D eigenvalue weighted by molar-refractivity contribution is 0.0697. The topological polar surface area (TPSA) is 81.4 Å². The lowest BCUT2D eigenvalue weighted by Gasteiger charge is -2.13. The minimum Gasteiger partial charge on any atom is -0.478 e. The van der Waals surface area contributed by atoms with Crippen molar-refractivity contribution in [1.82, 2.24) is 9.55 Å². The maximum absolute atomic E-state index is 13.7. The van der Waals surface area contributed by atoms with Crippen molar-refractivity contribution in [2.24, 2.45) is 0 Å². The van der Waals surface area contributed by atoms with E-state index in [0.29, 0.717) is 0 Å². The van der Waals surface area contributed by atoms with Crippen LogP contribution in [0.1, 0.15) is 21.7 Å². The van der Waals surface area contributed by atoms with Gasteiger partial charge in [0, 0.05) is 11.6 Å². The average Bonchev–Trinajstić information content (AvgIpc) is 2.61. The molecule has 0 atom stereocenters. The molecule has 144 valence electrons. The number of aromatic nitrogens is 2. The fourth-order valence-corrected chi connectivity index (χ4v) is 2.82. The number of aromatic carboxylic acids is 1. The molecule has 0 spiro atoms. The van der Waals surface area contributed by atoms with E-state index in [4.69, 9.17) is 21.4 Å². The van der Waals surface area contributed by atoms with E-state index in [9.17, 15) is 18.4 Å². The van der Waals surface area contributed by atoms with Crippen LogP contribution in [0.3, 0.4) is 0 Å². The number of carboxylic acids is 1. The maximum atomic E-state index is 13.7. The molecular weight excluding hydrogens is 394 g/mol. The Kier molecular flexibility index (Phi) is 5.41. The van der Waals surface area contributed by atoms with Gasteiger partial charge in [-0.05, 0) is 37.3 Å². The molecule has 1 heterocycles. The summed E-state index contributed by atoms with van der Waals surface area (Å²) >= 11 is 6.11. The van der Waals surface area contributed by atoms with Gasteiger partial charge in [-0.2, -0.15) is 4.98 Å². The van der Waals surface area contributed by atoms with Crippen molar-refractivity contribution >= 4 is 17.6 Å². The number of hydrogen-bond acceptors (Lipinski definition) is 4. The number of carbonyl (C=O) groups is 1. The number of halogens is 3. The molecule has 0 radical (unpaired) electrons. The SMILES string of the molecule is Cc1nc(OCc2ccc(F)cc2F)cc(=O)n1-c1ccc(C(=O)O)cc1Cl. The normalized spacial score (nSPS) is 10.7. The van der Waals surface area contributed by atoms with Gasteiger partial charge in [0.2, 0.25) is 5.88 Å². The van der Waals surface area contributed by atoms with Crippen molar-refractivity contribution in [3.05, 3.63) is 86.4 Å². The highest BCUT2D eigenvalue weighted by molar-refractivity contribution is 6.32. The second-order valence-electron chi connectivity index (χ2n) is 5.81. The predicted molar refractivity (Wildman–Crippen MR) is 97.2 cm³/mol. The first kappa shape index (κ1) is 19.5. The summed E-state index contributed by atoms with van der Waals surface area (Å²) < 4.78 is 33.2. The van der Waals surface area contributed by atoms with E-state index in [2.05, 4.69) is 4.98 Å². The number of benzene rings is 2. The summed E-state index contributed by atoms with van der Waals surface area (Å²) in [6.45, 7) is 1.30. The van der Waals surface area contributed by atoms with Gasteiger partial charge in [-0.3, -0.25) is 9.36 Å². The highest BCUT2D eigenvalue weighted by Crippen LogP contribution is 2.22. The standard InChI is InChI=1S/C19H13ClF2N2O4/c1-10-23-17(28-9-12-2-4-13(21)7-15(12)22)8-18(25)24(10)16-5-3-11(19(26)27)6-14(16)20/h2-8H,9H2,1H3,(H,26,27). The summed E-state index contributed by atoms with van der Waals surface area (Å²) in [5, 5.41) is 9.06. The van der Waals surface area contributed by atoms with Crippen LogP contribution in [-0.4, -0.2) is 20.6 Å². The molecule has 6 nitrogen and oxygen atoms in total. The van der Waals surface area contributed by atoms with Gasteiger partial charge in [-0.15, -0.1) is 0 Å². The molecule has 0 aliphatic heterocycles. The first-order valence-electron chi connectivity index (χ1n) is 7.97. The summed E-state index contributed by atoms with van der Waals surface area (Å²) in [6.07, 6.45) is 0. The lowest BCUT2D eigenvalue weighted by atomic mass is 10.2. The molecule has 9 heteroatoms. The summed E-state index contributed by atoms with van der Waals surface area (Å²) in [7, 11) is 0. The van der Waals surface area contributed by atoms with Crippen LogP contribution in [0.15, 0.2) is 47.3 Å². The highest BCUT2D eigenvalue weighted by atomic mass is 35.5. The van der Waals surface area contributed by atoms with E-state index in [-0.39, 0.29) is 40.1 Å². The Balaban J connectivity index is 1.89. The smallest absolute Gasteiger partial charge is 0.335 e. The zero-order valence-electron chi connectivity index (χ0n) is 14.4. The van der Waals surface area contributed by atoms with Crippen molar-refractivity contribution in [2.45, 2.75) is 13.5 Å². The van der Waals surface area contributed by atoms with Crippen LogP contribution in [0.2, 0.25) is 5.02 Å². The average molecular weight is 407 g/mol. The van der Waals surface area contributed by atoms with E-state index >= 15 is 0 Å². The third kappa shape index (κ3) is 4.01. The van der Waals surface area contributed by atoms with Crippen molar-refractivity contribution in [3.63, 3.8) is 0 Å². The molecule has 28 heavy (non-hydrogen) atoms. The first-order valence-corrected chi connectivity index (χ1v) is 8.34. The van der Waals surface area contributed by atoms with Crippen molar-refractivity contribution < 1.29 is 23.4 Å². The zero-order valence-corrected chi connectivity index (χ0v) is 15.2. The number of ether oxygens (including phenoxy) is 1. The van der Waals surface area contributed by atoms with E-state index in [1.54, 1.807) is 0 Å². The van der Waals surface area contributed by atoms with Gasteiger partial charge in [-0.1, -0.05) is 11.6 Å². The maximum Gasteiger partial charge on any atom is 0.335 e. The quantitative estimate of drug-likeness (QED) is 0.698. The number of aryl methyl sites for hydroxylation is 1. The molecule has 0 amide bonds. The predicted octanol–water partition coefficient (Wildman–Crippen LogP) is 3.75. The summed E-state index contributed by atoms with van der Waals surface area (Å²) in [5.74, 6) is -2.43. The van der Waals surface area contributed by atoms with Gasteiger partial charge in [0.1, 0.15) is 24.1 Å². The number of rotatable bonds is 5. The monoisotopic (exact) mass is 406 g/mol. The Morgan fingerprint density at radius 3 is 2.57 bits per heavy atom. The van der Waals surface area contributed by atoms with Crippen LogP contribution in [0.25, 0.3) is 5.69 Å². The number of nitrogens with zero attached hydrogens (tertiary/aromatic N) is 2. The molecule has 0 aliphatic carbocycles. The van der Waals surface area contributed by atoms with Gasteiger partial charge < -0.3 is 9.84 Å². The van der Waals surface area contributed by atoms with Crippen LogP contribution in [0.4, 0.5) is 8.78 Å². The Bertz CT molecular complexity index is 1130. The third-order valence-corrected chi connectivity index (χ3v) is 4.19. The number of hydrogen-bond donors (Lipinski definition) is 1. The van der Waals surface area contributed by atoms with E-state index in [1.165, 1.54) is 35.8 Å². The molecular formula is C19H13ClF2N2O4. The summed E-state index contributed by atoms with van der Waals surface area (Å²) in [5.41, 5.74) is -0.170. The third-order valence-electron chi connectivity index (χ3n) is 3.89. The van der Waals surface area contributed by atoms with Crippen molar-refractivity contribution in [2.75, 3.05) is 0 Å². The molecule has 0 aliphatic rings. The van der Waals surface area contributed by atoms with E-state index in [1.807, 2.05) is 0 Å². The van der Waals surface area contributed by atoms with Crippen LogP contribution < -0.4 is 10.3 Å². The second-order valence-corrected chi connectivity index (χ2v) is 6.22. The Labute approximate surface area is 162 Å². The second kappa shape index (κ2) is 7.77. The summed E-state index contributed by atoms with van der Waals surface area (Å²) in [4.78, 5) is 27.6. The molecule has 0 unspecified atom stereocenters. The Morgan fingerprint density at radius 1 is 1.21 bits per heavy atom. The van der Waals surface area contributed by atoms with Gasteiger partial charge >= 0.3 is 5.97 Å². The van der Waals surface area contributed by atoms with Crippen LogP contribution in [-0.2, 0) is 6.61 Å². The lowest BCUT2D eigenvalue weighted by Crippen LogP contribution is -2.22. The molecule has 2 aromatic carbocycles. The van der Waals surface area contributed by atoms with E-state index < -0.39 is 23.2 Å². The van der Waals surface area contributed by atoms with Gasteiger partial charge in [0.15, 0.2) is 0 Å². The van der Waals surface area contributed by atoms with Crippen LogP contribution in [0.5, 0.6) is 5.88 Å². The van der Waals surface area contributed by atoms with Crippen molar-refractivity contribution in [1.29, 1.82) is 0 Å². The summed E-state index contributed by atoms with van der Waals surface area (Å²) in [6, 6.07) is 8.11. The van der Waals surface area contributed by atoms with Gasteiger partial charge in [0.05, 0.1) is 22.3 Å². The fraction of sp³-hybridized carbons (Fsp3) is 0.105. The minimum absolute atomic E-state index is 0.0197. The van der Waals surface area contributed by atoms with Crippen LogP contribution in [0, 0.1) is 18.6 Å². The Hall–Kier alpha value is -3.26. The molecule has 0 saturated heterocycles. The molecule has 0 fully saturated rings. The van der Waals surface area contributed by atoms with Crippen LogP contribution >= 0.6 is 11.6 Å². The first-order chi connectivity index (χ1) is 13.3.